The summed E-state index contributed by atoms with van der Waals surface area (Å²) in [5.41, 5.74) is 0.248. The van der Waals surface area contributed by atoms with Gasteiger partial charge in [0.15, 0.2) is 5.82 Å². The Kier molecular flexibility index (Phi) is 6.33. The Balaban J connectivity index is 2.95. The van der Waals surface area contributed by atoms with E-state index >= 15 is 0 Å². The van der Waals surface area contributed by atoms with Gasteiger partial charge in [0, 0.05) is 11.3 Å². The van der Waals surface area contributed by atoms with Crippen molar-refractivity contribution in [2.45, 2.75) is 31.4 Å². The maximum absolute atomic E-state index is 14.1. The van der Waals surface area contributed by atoms with Gasteiger partial charge in [0.2, 0.25) is 0 Å². The highest BCUT2D eigenvalue weighted by atomic mass is 79.9. The van der Waals surface area contributed by atoms with Crippen molar-refractivity contribution >= 4 is 39.3 Å². The molecule has 0 atom stereocenters. The third kappa shape index (κ3) is 3.67. The standard InChI is InChI=1S/C14H19BrFNO2S/c1-4-14(5-2,20-3)8-17-10-7-6-9(13(18)19)11(15)12(10)16/h6-7,17H,4-5,8H2,1-3H3,(H,18,19). The Morgan fingerprint density at radius 3 is 2.50 bits per heavy atom. The Bertz CT molecular complexity index is 484. The minimum Gasteiger partial charge on any atom is -0.478 e. The quantitative estimate of drug-likeness (QED) is 0.741. The molecule has 0 radical (unpaired) electrons. The van der Waals surface area contributed by atoms with Crippen LogP contribution < -0.4 is 5.32 Å². The number of halogens is 2. The van der Waals surface area contributed by atoms with Gasteiger partial charge in [-0.3, -0.25) is 0 Å². The molecule has 112 valence electrons. The molecule has 0 bridgehead atoms. The molecule has 1 rings (SSSR count). The summed E-state index contributed by atoms with van der Waals surface area (Å²) in [6, 6.07) is 2.87. The molecule has 0 aliphatic rings. The predicted octanol–water partition coefficient (Wildman–Crippen LogP) is 4.62. The Hall–Kier alpha value is -0.750. The van der Waals surface area contributed by atoms with Crippen LogP contribution in [0.4, 0.5) is 10.1 Å². The van der Waals surface area contributed by atoms with Gasteiger partial charge in [-0.05, 0) is 47.2 Å². The summed E-state index contributed by atoms with van der Waals surface area (Å²) in [7, 11) is 0. The first-order valence-corrected chi connectivity index (χ1v) is 8.42. The summed E-state index contributed by atoms with van der Waals surface area (Å²) < 4.78 is 14.2. The van der Waals surface area contributed by atoms with Crippen molar-refractivity contribution in [3.63, 3.8) is 0 Å². The second-order valence-electron chi connectivity index (χ2n) is 4.54. The molecule has 0 aliphatic heterocycles. The van der Waals surface area contributed by atoms with Gasteiger partial charge in [-0.25, -0.2) is 9.18 Å². The second-order valence-corrected chi connectivity index (χ2v) is 6.61. The van der Waals surface area contributed by atoms with Crippen LogP contribution in [0.5, 0.6) is 0 Å². The SMILES string of the molecule is CCC(CC)(CNc1ccc(C(=O)O)c(Br)c1F)SC. The van der Waals surface area contributed by atoms with Crippen LogP contribution in [0, 0.1) is 5.82 Å². The molecule has 6 heteroatoms. The van der Waals surface area contributed by atoms with E-state index in [0.29, 0.717) is 12.2 Å². The topological polar surface area (TPSA) is 49.3 Å². The molecule has 1 aromatic rings. The summed E-state index contributed by atoms with van der Waals surface area (Å²) in [4.78, 5) is 10.9. The Labute approximate surface area is 131 Å². The second kappa shape index (κ2) is 7.31. The number of nitrogens with one attached hydrogen (secondary N) is 1. The molecule has 0 aliphatic carbocycles. The molecule has 1 aromatic carbocycles. The van der Waals surface area contributed by atoms with E-state index in [1.165, 1.54) is 12.1 Å². The fourth-order valence-electron chi connectivity index (χ4n) is 1.97. The summed E-state index contributed by atoms with van der Waals surface area (Å²) in [6.45, 7) is 4.86. The van der Waals surface area contributed by atoms with Gasteiger partial charge < -0.3 is 10.4 Å². The first-order chi connectivity index (χ1) is 9.40. The van der Waals surface area contributed by atoms with E-state index in [9.17, 15) is 9.18 Å². The highest BCUT2D eigenvalue weighted by Crippen LogP contribution is 2.32. The largest absolute Gasteiger partial charge is 0.478 e. The van der Waals surface area contributed by atoms with Crippen LogP contribution in [-0.2, 0) is 0 Å². The zero-order valence-electron chi connectivity index (χ0n) is 11.8. The number of carboxylic acid groups (broad SMARTS) is 1. The number of carboxylic acids is 1. The van der Waals surface area contributed by atoms with Gasteiger partial charge in [0.25, 0.3) is 0 Å². The molecule has 0 saturated heterocycles. The lowest BCUT2D eigenvalue weighted by atomic mass is 10.0. The first kappa shape index (κ1) is 17.3. The molecule has 2 N–H and O–H groups in total. The van der Waals surface area contributed by atoms with E-state index in [0.717, 1.165) is 12.8 Å². The fourth-order valence-corrected chi connectivity index (χ4v) is 3.28. The van der Waals surface area contributed by atoms with Crippen LogP contribution in [0.25, 0.3) is 0 Å². The van der Waals surface area contributed by atoms with Crippen LogP contribution in [0.15, 0.2) is 16.6 Å². The summed E-state index contributed by atoms with van der Waals surface area (Å²) >= 11 is 4.77. The Morgan fingerprint density at radius 2 is 2.05 bits per heavy atom. The van der Waals surface area contributed by atoms with E-state index in [4.69, 9.17) is 5.11 Å². The monoisotopic (exact) mass is 363 g/mol. The van der Waals surface area contributed by atoms with Crippen molar-refractivity contribution in [2.75, 3.05) is 18.1 Å². The van der Waals surface area contributed by atoms with Crippen LogP contribution >= 0.6 is 27.7 Å². The van der Waals surface area contributed by atoms with E-state index < -0.39 is 11.8 Å². The van der Waals surface area contributed by atoms with Gasteiger partial charge >= 0.3 is 5.97 Å². The lowest BCUT2D eigenvalue weighted by Crippen LogP contribution is -2.32. The average Bonchev–Trinajstić information content (AvgIpc) is 2.44. The van der Waals surface area contributed by atoms with Crippen LogP contribution in [-0.4, -0.2) is 28.6 Å². The summed E-state index contributed by atoms with van der Waals surface area (Å²) in [5, 5.41) is 12.0. The van der Waals surface area contributed by atoms with Crippen LogP contribution in [0.2, 0.25) is 0 Å². The summed E-state index contributed by atoms with van der Waals surface area (Å²) in [5.74, 6) is -1.71. The molecule has 0 unspecified atom stereocenters. The van der Waals surface area contributed by atoms with E-state index in [1.807, 2.05) is 0 Å². The number of anilines is 1. The number of rotatable bonds is 7. The van der Waals surface area contributed by atoms with E-state index in [1.54, 1.807) is 11.8 Å². The van der Waals surface area contributed by atoms with Gasteiger partial charge in [0.05, 0.1) is 15.7 Å². The van der Waals surface area contributed by atoms with Crippen molar-refractivity contribution in [3.05, 3.63) is 28.0 Å². The number of benzene rings is 1. The lowest BCUT2D eigenvalue weighted by Gasteiger charge is -2.30. The zero-order valence-corrected chi connectivity index (χ0v) is 14.2. The number of hydrogen-bond donors (Lipinski definition) is 2. The molecule has 20 heavy (non-hydrogen) atoms. The first-order valence-electron chi connectivity index (χ1n) is 6.41. The highest BCUT2D eigenvalue weighted by molar-refractivity contribution is 9.10. The lowest BCUT2D eigenvalue weighted by molar-refractivity contribution is 0.0695. The molecule has 0 aromatic heterocycles. The fraction of sp³-hybridized carbons (Fsp3) is 0.500. The molecule has 0 fully saturated rings. The van der Waals surface area contributed by atoms with Crippen molar-refractivity contribution < 1.29 is 14.3 Å². The summed E-state index contributed by atoms with van der Waals surface area (Å²) in [6.07, 6.45) is 4.01. The molecule has 0 spiro atoms. The predicted molar refractivity (Wildman–Crippen MR) is 86.4 cm³/mol. The van der Waals surface area contributed by atoms with Crippen molar-refractivity contribution in [3.8, 4) is 0 Å². The maximum atomic E-state index is 14.1. The molecule has 0 amide bonds. The third-order valence-electron chi connectivity index (χ3n) is 3.64. The van der Waals surface area contributed by atoms with Gasteiger partial charge in [-0.1, -0.05) is 13.8 Å². The van der Waals surface area contributed by atoms with E-state index in [2.05, 4.69) is 41.3 Å². The minimum atomic E-state index is -1.15. The van der Waals surface area contributed by atoms with Crippen molar-refractivity contribution in [2.24, 2.45) is 0 Å². The van der Waals surface area contributed by atoms with Crippen molar-refractivity contribution in [1.82, 2.24) is 0 Å². The normalized spacial score (nSPS) is 11.4. The van der Waals surface area contributed by atoms with Crippen LogP contribution in [0.3, 0.4) is 0 Å². The van der Waals surface area contributed by atoms with E-state index in [-0.39, 0.29) is 14.8 Å². The van der Waals surface area contributed by atoms with Gasteiger partial charge in [-0.15, -0.1) is 0 Å². The molecule has 0 saturated carbocycles. The number of hydrogen-bond acceptors (Lipinski definition) is 3. The maximum Gasteiger partial charge on any atom is 0.336 e. The number of carbonyl (C=O) groups is 1. The van der Waals surface area contributed by atoms with Gasteiger partial charge in [0.1, 0.15) is 0 Å². The third-order valence-corrected chi connectivity index (χ3v) is 6.00. The van der Waals surface area contributed by atoms with Gasteiger partial charge in [-0.2, -0.15) is 11.8 Å². The minimum absolute atomic E-state index is 0.0160. The molecule has 3 nitrogen and oxygen atoms in total. The van der Waals surface area contributed by atoms with Crippen molar-refractivity contribution in [1.29, 1.82) is 0 Å². The molecule has 0 heterocycles. The molecular formula is C14H19BrFNO2S. The van der Waals surface area contributed by atoms with Crippen LogP contribution in [0.1, 0.15) is 37.0 Å². The number of aromatic carboxylic acids is 1. The molecular weight excluding hydrogens is 345 g/mol. The average molecular weight is 364 g/mol. The number of thioether (sulfide) groups is 1. The highest BCUT2D eigenvalue weighted by Gasteiger charge is 2.25. The Morgan fingerprint density at radius 1 is 1.45 bits per heavy atom. The smallest absolute Gasteiger partial charge is 0.336 e. The zero-order chi connectivity index (χ0) is 15.3.